The number of ether oxygens (including phenoxy) is 1. The van der Waals surface area contributed by atoms with Crippen molar-refractivity contribution in [2.24, 2.45) is 0 Å². The minimum atomic E-state index is -1.11. The third-order valence-corrected chi connectivity index (χ3v) is 3.79. The summed E-state index contributed by atoms with van der Waals surface area (Å²) >= 11 is 6.15. The van der Waals surface area contributed by atoms with Gasteiger partial charge < -0.3 is 9.84 Å². The van der Waals surface area contributed by atoms with Gasteiger partial charge >= 0.3 is 5.97 Å². The molecule has 1 aliphatic rings. The fourth-order valence-corrected chi connectivity index (χ4v) is 2.61. The van der Waals surface area contributed by atoms with Crippen LogP contribution in [0.2, 0.25) is 5.02 Å². The summed E-state index contributed by atoms with van der Waals surface area (Å²) in [6.07, 6.45) is 0. The topological polar surface area (TPSA) is 49.8 Å². The van der Waals surface area contributed by atoms with Gasteiger partial charge in [-0.25, -0.2) is 4.79 Å². The van der Waals surface area contributed by atoms with Gasteiger partial charge in [0.05, 0.1) is 13.2 Å². The third-order valence-electron chi connectivity index (χ3n) is 3.46. The zero-order valence-electron chi connectivity index (χ0n) is 10.2. The van der Waals surface area contributed by atoms with Crippen LogP contribution in [0.15, 0.2) is 24.3 Å². The normalized spacial score (nSPS) is 20.3. The highest BCUT2D eigenvalue weighted by Gasteiger charge is 2.43. The standard InChI is InChI=1S/C13H16ClNO3/c1-13(12(16)17,15-6-8-18-9-7-15)10-4-2-3-5-11(10)14/h2-5H,6-9H2,1H3,(H,16,17). The molecule has 2 rings (SSSR count). The van der Waals surface area contributed by atoms with Gasteiger partial charge in [0.25, 0.3) is 0 Å². The number of hydrogen-bond donors (Lipinski definition) is 1. The van der Waals surface area contributed by atoms with Gasteiger partial charge in [-0.2, -0.15) is 0 Å². The Morgan fingerprint density at radius 2 is 2.00 bits per heavy atom. The lowest BCUT2D eigenvalue weighted by Crippen LogP contribution is -2.54. The molecule has 0 aromatic heterocycles. The second-order valence-electron chi connectivity index (χ2n) is 4.46. The minimum Gasteiger partial charge on any atom is -0.480 e. The first-order chi connectivity index (χ1) is 8.56. The van der Waals surface area contributed by atoms with Gasteiger partial charge in [-0.3, -0.25) is 4.90 Å². The molecule has 1 aliphatic heterocycles. The number of hydrogen-bond acceptors (Lipinski definition) is 3. The number of benzene rings is 1. The summed E-state index contributed by atoms with van der Waals surface area (Å²) < 4.78 is 5.27. The van der Waals surface area contributed by atoms with E-state index in [-0.39, 0.29) is 0 Å². The molecule has 0 spiro atoms. The molecular weight excluding hydrogens is 254 g/mol. The summed E-state index contributed by atoms with van der Waals surface area (Å²) in [5, 5.41) is 10.1. The average molecular weight is 270 g/mol. The number of halogens is 1. The molecule has 1 unspecified atom stereocenters. The molecule has 1 aromatic rings. The van der Waals surface area contributed by atoms with Crippen molar-refractivity contribution in [1.29, 1.82) is 0 Å². The first-order valence-corrected chi connectivity index (χ1v) is 6.26. The Morgan fingerprint density at radius 1 is 1.39 bits per heavy atom. The summed E-state index contributed by atoms with van der Waals surface area (Å²) in [5.41, 5.74) is -0.483. The molecule has 1 atom stereocenters. The van der Waals surface area contributed by atoms with E-state index in [1.165, 1.54) is 0 Å². The highest BCUT2D eigenvalue weighted by atomic mass is 35.5. The van der Waals surface area contributed by atoms with Crippen molar-refractivity contribution in [3.8, 4) is 0 Å². The number of carboxylic acids is 1. The van der Waals surface area contributed by atoms with E-state index in [1.807, 2.05) is 11.0 Å². The quantitative estimate of drug-likeness (QED) is 0.912. The summed E-state index contributed by atoms with van der Waals surface area (Å²) in [4.78, 5) is 13.6. The monoisotopic (exact) mass is 269 g/mol. The van der Waals surface area contributed by atoms with Crippen molar-refractivity contribution in [2.75, 3.05) is 26.3 Å². The largest absolute Gasteiger partial charge is 0.480 e. The Bertz CT molecular complexity index is 446. The number of rotatable bonds is 3. The molecule has 0 saturated carbocycles. The van der Waals surface area contributed by atoms with Crippen LogP contribution in [0.1, 0.15) is 12.5 Å². The maximum atomic E-state index is 11.7. The highest BCUT2D eigenvalue weighted by Crippen LogP contribution is 2.34. The Morgan fingerprint density at radius 3 is 2.56 bits per heavy atom. The Labute approximate surface area is 111 Å². The van der Waals surface area contributed by atoms with Gasteiger partial charge in [-0.15, -0.1) is 0 Å². The Balaban J connectivity index is 2.43. The van der Waals surface area contributed by atoms with Crippen molar-refractivity contribution < 1.29 is 14.6 Å². The van der Waals surface area contributed by atoms with Crippen LogP contribution in [0, 0.1) is 0 Å². The maximum Gasteiger partial charge on any atom is 0.328 e. The molecular formula is C13H16ClNO3. The number of aliphatic carboxylic acids is 1. The van der Waals surface area contributed by atoms with Crippen molar-refractivity contribution in [1.82, 2.24) is 4.90 Å². The summed E-state index contributed by atoms with van der Waals surface area (Å²) in [7, 11) is 0. The molecule has 98 valence electrons. The van der Waals surface area contributed by atoms with Gasteiger partial charge in [0.15, 0.2) is 0 Å². The number of nitrogens with zero attached hydrogens (tertiary/aromatic N) is 1. The molecule has 1 heterocycles. The molecule has 0 amide bonds. The van der Waals surface area contributed by atoms with E-state index in [0.29, 0.717) is 36.9 Å². The zero-order valence-corrected chi connectivity index (χ0v) is 11.0. The van der Waals surface area contributed by atoms with Crippen molar-refractivity contribution in [3.05, 3.63) is 34.9 Å². The second kappa shape index (κ2) is 5.26. The molecule has 0 radical (unpaired) electrons. The van der Waals surface area contributed by atoms with Gasteiger partial charge in [0.2, 0.25) is 0 Å². The van der Waals surface area contributed by atoms with Crippen LogP contribution >= 0.6 is 11.6 Å². The molecule has 4 nitrogen and oxygen atoms in total. The predicted octanol–water partition coefficient (Wildman–Crippen LogP) is 1.97. The summed E-state index contributed by atoms with van der Waals surface area (Å²) in [6.45, 7) is 3.98. The number of morpholine rings is 1. The molecule has 1 saturated heterocycles. The molecule has 1 fully saturated rings. The van der Waals surface area contributed by atoms with E-state index in [9.17, 15) is 9.90 Å². The lowest BCUT2D eigenvalue weighted by molar-refractivity contribution is -0.154. The van der Waals surface area contributed by atoms with Crippen LogP contribution in [0.3, 0.4) is 0 Å². The number of carbonyl (C=O) groups is 1. The van der Waals surface area contributed by atoms with E-state index in [2.05, 4.69) is 0 Å². The SMILES string of the molecule is CC(C(=O)O)(c1ccccc1Cl)N1CCOCC1. The molecule has 0 bridgehead atoms. The predicted molar refractivity (Wildman–Crippen MR) is 68.8 cm³/mol. The molecule has 0 aliphatic carbocycles. The zero-order chi connectivity index (χ0) is 13.2. The summed E-state index contributed by atoms with van der Waals surface area (Å²) in [6, 6.07) is 7.10. The summed E-state index contributed by atoms with van der Waals surface area (Å²) in [5.74, 6) is -0.891. The fraction of sp³-hybridized carbons (Fsp3) is 0.462. The first-order valence-electron chi connectivity index (χ1n) is 5.88. The lowest BCUT2D eigenvalue weighted by atomic mass is 9.89. The maximum absolute atomic E-state index is 11.7. The van der Waals surface area contributed by atoms with Crippen LogP contribution in [-0.4, -0.2) is 42.3 Å². The smallest absolute Gasteiger partial charge is 0.328 e. The van der Waals surface area contributed by atoms with Crippen LogP contribution in [0.5, 0.6) is 0 Å². The van der Waals surface area contributed by atoms with E-state index in [4.69, 9.17) is 16.3 Å². The molecule has 5 heteroatoms. The third kappa shape index (κ3) is 2.23. The second-order valence-corrected chi connectivity index (χ2v) is 4.86. The lowest BCUT2D eigenvalue weighted by Gasteiger charge is -2.40. The Kier molecular flexibility index (Phi) is 3.90. The van der Waals surface area contributed by atoms with Crippen LogP contribution in [0.4, 0.5) is 0 Å². The van der Waals surface area contributed by atoms with E-state index in [1.54, 1.807) is 25.1 Å². The van der Waals surface area contributed by atoms with Crippen LogP contribution in [0.25, 0.3) is 0 Å². The van der Waals surface area contributed by atoms with Gasteiger partial charge in [0.1, 0.15) is 5.54 Å². The molecule has 18 heavy (non-hydrogen) atoms. The van der Waals surface area contributed by atoms with E-state index < -0.39 is 11.5 Å². The fourth-order valence-electron chi connectivity index (χ4n) is 2.29. The van der Waals surface area contributed by atoms with Crippen molar-refractivity contribution >= 4 is 17.6 Å². The van der Waals surface area contributed by atoms with Gasteiger partial charge in [-0.1, -0.05) is 29.8 Å². The van der Waals surface area contributed by atoms with Gasteiger partial charge in [0, 0.05) is 23.7 Å². The number of carboxylic acid groups (broad SMARTS) is 1. The van der Waals surface area contributed by atoms with Crippen LogP contribution in [-0.2, 0) is 15.1 Å². The van der Waals surface area contributed by atoms with Crippen molar-refractivity contribution in [3.63, 3.8) is 0 Å². The minimum absolute atomic E-state index is 0.480. The van der Waals surface area contributed by atoms with Crippen molar-refractivity contribution in [2.45, 2.75) is 12.5 Å². The Hall–Kier alpha value is -1.10. The van der Waals surface area contributed by atoms with E-state index in [0.717, 1.165) is 0 Å². The van der Waals surface area contributed by atoms with E-state index >= 15 is 0 Å². The van der Waals surface area contributed by atoms with Crippen LogP contribution < -0.4 is 0 Å². The first kappa shape index (κ1) is 13.3. The van der Waals surface area contributed by atoms with Gasteiger partial charge in [-0.05, 0) is 13.0 Å². The average Bonchev–Trinajstić information content (AvgIpc) is 2.39. The molecule has 1 aromatic carbocycles. The molecule has 1 N–H and O–H groups in total. The highest BCUT2D eigenvalue weighted by molar-refractivity contribution is 6.31.